The van der Waals surface area contributed by atoms with Crippen LogP contribution in [0.4, 0.5) is 0 Å². The first kappa shape index (κ1) is 18.2. The molecule has 138 valence electrons. The number of aromatic hydroxyl groups is 1. The van der Waals surface area contributed by atoms with Gasteiger partial charge >= 0.3 is 0 Å². The number of phenolic OH excluding ortho intramolecular Hbond substituents is 1. The molecule has 27 heavy (non-hydrogen) atoms. The summed E-state index contributed by atoms with van der Waals surface area (Å²) in [5.41, 5.74) is 5.17. The number of H-pyrrole nitrogens is 1. The number of amides is 1. The summed E-state index contributed by atoms with van der Waals surface area (Å²) in [4.78, 5) is 12.3. The normalized spacial score (nSPS) is 11.3. The highest BCUT2D eigenvalue weighted by Gasteiger charge is 2.14. The molecule has 0 saturated carbocycles. The first-order chi connectivity index (χ1) is 13.1. The highest BCUT2D eigenvalue weighted by atomic mass is 16.5. The number of carbonyl (C=O) groups is 1. The molecular formula is C20H20N4O3. The molecule has 0 fully saturated rings. The van der Waals surface area contributed by atoms with Gasteiger partial charge in [0.05, 0.1) is 18.0 Å². The maximum absolute atomic E-state index is 12.3. The Labute approximate surface area is 156 Å². The molecule has 0 atom stereocenters. The molecule has 0 unspecified atom stereocenters. The first-order valence-electron chi connectivity index (χ1n) is 8.50. The van der Waals surface area contributed by atoms with Gasteiger partial charge in [-0.1, -0.05) is 24.3 Å². The minimum Gasteiger partial charge on any atom is -0.507 e. The van der Waals surface area contributed by atoms with Crippen molar-refractivity contribution in [3.05, 3.63) is 65.9 Å². The zero-order chi connectivity index (χ0) is 19.2. The van der Waals surface area contributed by atoms with E-state index in [4.69, 9.17) is 4.74 Å². The van der Waals surface area contributed by atoms with Crippen LogP contribution in [-0.4, -0.2) is 33.5 Å². The number of nitrogens with zero attached hydrogens (tertiary/aromatic N) is 2. The van der Waals surface area contributed by atoms with Crippen molar-refractivity contribution < 1.29 is 14.6 Å². The molecule has 0 aliphatic carbocycles. The van der Waals surface area contributed by atoms with E-state index in [2.05, 4.69) is 20.7 Å². The molecule has 1 heterocycles. The summed E-state index contributed by atoms with van der Waals surface area (Å²) in [6.07, 6.45) is 0. The van der Waals surface area contributed by atoms with Crippen molar-refractivity contribution in [3.8, 4) is 22.8 Å². The maximum atomic E-state index is 12.3. The number of hydrogen-bond donors (Lipinski definition) is 3. The van der Waals surface area contributed by atoms with Crippen LogP contribution >= 0.6 is 0 Å². The van der Waals surface area contributed by atoms with Gasteiger partial charge in [0, 0.05) is 11.1 Å². The molecule has 3 N–H and O–H groups in total. The third-order valence-corrected chi connectivity index (χ3v) is 3.90. The predicted octanol–water partition coefficient (Wildman–Crippen LogP) is 3.34. The van der Waals surface area contributed by atoms with Crippen LogP contribution in [-0.2, 0) is 0 Å². The second-order valence-corrected chi connectivity index (χ2v) is 5.75. The number of aromatic amines is 1. The van der Waals surface area contributed by atoms with Crippen LogP contribution in [0.15, 0.2) is 59.7 Å². The number of ether oxygens (including phenoxy) is 1. The van der Waals surface area contributed by atoms with Crippen LogP contribution in [0, 0.1) is 0 Å². The lowest BCUT2D eigenvalue weighted by atomic mass is 10.1. The van der Waals surface area contributed by atoms with E-state index >= 15 is 0 Å². The molecule has 3 aromatic rings. The summed E-state index contributed by atoms with van der Waals surface area (Å²) in [6.45, 7) is 4.15. The van der Waals surface area contributed by atoms with Crippen LogP contribution < -0.4 is 10.2 Å². The molecule has 3 rings (SSSR count). The van der Waals surface area contributed by atoms with Gasteiger partial charge < -0.3 is 9.84 Å². The fourth-order valence-corrected chi connectivity index (χ4v) is 2.57. The SMILES string of the molecule is CCOc1ccccc1-c1cc(C(=O)NN=C(C)c2ccccc2O)[nH]n1. The number of rotatable bonds is 6. The van der Waals surface area contributed by atoms with E-state index in [9.17, 15) is 9.90 Å². The third kappa shape index (κ3) is 4.14. The smallest absolute Gasteiger partial charge is 0.289 e. The standard InChI is InChI=1S/C20H20N4O3/c1-3-27-19-11-7-5-9-15(19)16-12-17(23-22-16)20(26)24-21-13(2)14-8-4-6-10-18(14)25/h4-12,25H,3H2,1-2H3,(H,22,23)(H,24,26). The number of aromatic nitrogens is 2. The van der Waals surface area contributed by atoms with Crippen molar-refractivity contribution in [1.82, 2.24) is 15.6 Å². The molecule has 0 spiro atoms. The van der Waals surface area contributed by atoms with Gasteiger partial charge in [-0.05, 0) is 44.2 Å². The molecule has 0 saturated heterocycles. The van der Waals surface area contributed by atoms with Crippen LogP contribution in [0.5, 0.6) is 11.5 Å². The van der Waals surface area contributed by atoms with E-state index in [1.165, 1.54) is 0 Å². The Bertz CT molecular complexity index is 979. The van der Waals surface area contributed by atoms with Gasteiger partial charge in [0.2, 0.25) is 0 Å². The zero-order valence-corrected chi connectivity index (χ0v) is 15.1. The fraction of sp³-hybridized carbons (Fsp3) is 0.150. The molecule has 1 amide bonds. The average molecular weight is 364 g/mol. The van der Waals surface area contributed by atoms with E-state index in [0.717, 1.165) is 5.56 Å². The molecule has 0 aliphatic heterocycles. The summed E-state index contributed by atoms with van der Waals surface area (Å²) < 4.78 is 5.60. The van der Waals surface area contributed by atoms with Gasteiger partial charge in [-0.25, -0.2) is 5.43 Å². The number of carbonyl (C=O) groups excluding carboxylic acids is 1. The van der Waals surface area contributed by atoms with E-state index < -0.39 is 5.91 Å². The topological polar surface area (TPSA) is 99.6 Å². The Morgan fingerprint density at radius 1 is 1.22 bits per heavy atom. The van der Waals surface area contributed by atoms with Gasteiger partial charge in [-0.15, -0.1) is 0 Å². The maximum Gasteiger partial charge on any atom is 0.289 e. The lowest BCUT2D eigenvalue weighted by molar-refractivity contribution is 0.0950. The van der Waals surface area contributed by atoms with Crippen molar-refractivity contribution in [1.29, 1.82) is 0 Å². The van der Waals surface area contributed by atoms with Crippen LogP contribution in [0.3, 0.4) is 0 Å². The largest absolute Gasteiger partial charge is 0.507 e. The minimum atomic E-state index is -0.433. The second kappa shape index (κ2) is 8.18. The van der Waals surface area contributed by atoms with Crippen LogP contribution in [0.1, 0.15) is 29.9 Å². The van der Waals surface area contributed by atoms with Crippen LogP contribution in [0.25, 0.3) is 11.3 Å². The fourth-order valence-electron chi connectivity index (χ4n) is 2.57. The molecule has 2 aromatic carbocycles. The molecule has 1 aromatic heterocycles. The number of phenols is 1. The highest BCUT2D eigenvalue weighted by Crippen LogP contribution is 2.28. The number of nitrogens with one attached hydrogen (secondary N) is 2. The first-order valence-corrected chi connectivity index (χ1v) is 8.50. The van der Waals surface area contributed by atoms with Crippen molar-refractivity contribution in [2.24, 2.45) is 5.10 Å². The quantitative estimate of drug-likeness (QED) is 0.461. The van der Waals surface area contributed by atoms with Gasteiger partial charge in [0.15, 0.2) is 0 Å². The Kier molecular flexibility index (Phi) is 5.51. The highest BCUT2D eigenvalue weighted by molar-refractivity contribution is 6.02. The van der Waals surface area contributed by atoms with E-state index in [1.807, 2.05) is 31.2 Å². The summed E-state index contributed by atoms with van der Waals surface area (Å²) in [5.74, 6) is 0.369. The number of hydrazone groups is 1. The van der Waals surface area contributed by atoms with E-state index in [-0.39, 0.29) is 11.4 Å². The minimum absolute atomic E-state index is 0.101. The van der Waals surface area contributed by atoms with Crippen molar-refractivity contribution in [3.63, 3.8) is 0 Å². The van der Waals surface area contributed by atoms with Crippen molar-refractivity contribution in [2.45, 2.75) is 13.8 Å². The summed E-state index contributed by atoms with van der Waals surface area (Å²) >= 11 is 0. The monoisotopic (exact) mass is 364 g/mol. The number of hydrogen-bond acceptors (Lipinski definition) is 5. The van der Waals surface area contributed by atoms with E-state index in [1.54, 1.807) is 37.3 Å². The Hall–Kier alpha value is -3.61. The van der Waals surface area contributed by atoms with Crippen LogP contribution in [0.2, 0.25) is 0 Å². The number of para-hydroxylation sites is 2. The number of benzene rings is 2. The molecule has 0 aliphatic rings. The lowest BCUT2D eigenvalue weighted by Gasteiger charge is -2.07. The summed E-state index contributed by atoms with van der Waals surface area (Å²) in [7, 11) is 0. The van der Waals surface area contributed by atoms with Gasteiger partial charge in [0.1, 0.15) is 17.2 Å². The van der Waals surface area contributed by atoms with E-state index in [0.29, 0.717) is 29.3 Å². The Morgan fingerprint density at radius 3 is 2.74 bits per heavy atom. The Morgan fingerprint density at radius 2 is 1.96 bits per heavy atom. The predicted molar refractivity (Wildman–Crippen MR) is 103 cm³/mol. The van der Waals surface area contributed by atoms with Crippen molar-refractivity contribution >= 4 is 11.6 Å². The van der Waals surface area contributed by atoms with Crippen molar-refractivity contribution in [2.75, 3.05) is 6.61 Å². The Balaban J connectivity index is 1.76. The summed E-state index contributed by atoms with van der Waals surface area (Å²) in [6, 6.07) is 15.9. The van der Waals surface area contributed by atoms with Gasteiger partial charge in [0.25, 0.3) is 5.91 Å². The van der Waals surface area contributed by atoms with Gasteiger partial charge in [-0.2, -0.15) is 10.2 Å². The van der Waals surface area contributed by atoms with Gasteiger partial charge in [-0.3, -0.25) is 9.89 Å². The molecular weight excluding hydrogens is 344 g/mol. The average Bonchev–Trinajstić information content (AvgIpc) is 3.17. The third-order valence-electron chi connectivity index (χ3n) is 3.90. The molecule has 7 heteroatoms. The molecule has 7 nitrogen and oxygen atoms in total. The zero-order valence-electron chi connectivity index (χ0n) is 15.1. The summed E-state index contributed by atoms with van der Waals surface area (Å²) in [5, 5.41) is 20.8. The lowest BCUT2D eigenvalue weighted by Crippen LogP contribution is -2.19. The molecule has 0 radical (unpaired) electrons. The second-order valence-electron chi connectivity index (χ2n) is 5.75. The molecule has 0 bridgehead atoms.